The molecule has 0 aromatic heterocycles. The SMILES string of the molecule is CC(C)(C)OC(=O)N(C(=O)OCc1ccccc1)N1CC(CO[Si](C)(C)C(C)(C)C)CCC1c1ccccc1. The Balaban J connectivity index is 1.91. The molecule has 1 aliphatic heterocycles. The van der Waals surface area contributed by atoms with Crippen LogP contribution in [-0.2, 0) is 20.5 Å². The molecule has 0 N–H and O–H groups in total. The third kappa shape index (κ3) is 8.65. The van der Waals surface area contributed by atoms with Crippen LogP contribution in [0, 0.1) is 5.92 Å². The third-order valence-electron chi connectivity index (χ3n) is 7.53. The molecule has 2 atom stereocenters. The highest BCUT2D eigenvalue weighted by Crippen LogP contribution is 2.39. The van der Waals surface area contributed by atoms with Crippen molar-refractivity contribution in [3.05, 3.63) is 71.8 Å². The Morgan fingerprint density at radius 2 is 1.49 bits per heavy atom. The van der Waals surface area contributed by atoms with E-state index in [0.717, 1.165) is 29.0 Å². The van der Waals surface area contributed by atoms with Crippen molar-refractivity contribution in [2.45, 2.75) is 90.8 Å². The van der Waals surface area contributed by atoms with Gasteiger partial charge in [0.15, 0.2) is 8.32 Å². The van der Waals surface area contributed by atoms with E-state index < -0.39 is 26.1 Å². The number of benzene rings is 2. The summed E-state index contributed by atoms with van der Waals surface area (Å²) in [5.41, 5.74) is 1.09. The van der Waals surface area contributed by atoms with Gasteiger partial charge in [0.25, 0.3) is 0 Å². The van der Waals surface area contributed by atoms with E-state index in [1.807, 2.05) is 65.7 Å². The number of hydrazine groups is 1. The van der Waals surface area contributed by atoms with Gasteiger partial charge in [-0.15, -0.1) is 5.01 Å². The van der Waals surface area contributed by atoms with Crippen molar-refractivity contribution in [2.75, 3.05) is 13.2 Å². The molecule has 3 rings (SSSR count). The van der Waals surface area contributed by atoms with Gasteiger partial charge in [0.05, 0.1) is 6.04 Å². The number of carbonyl (C=O) groups is 2. The first kappa shape index (κ1) is 30.9. The van der Waals surface area contributed by atoms with Gasteiger partial charge < -0.3 is 13.9 Å². The average molecular weight is 555 g/mol. The number of hydrogen-bond acceptors (Lipinski definition) is 6. The molecule has 1 heterocycles. The van der Waals surface area contributed by atoms with Gasteiger partial charge >= 0.3 is 12.2 Å². The van der Waals surface area contributed by atoms with Gasteiger partial charge in [-0.25, -0.2) is 9.59 Å². The van der Waals surface area contributed by atoms with Crippen molar-refractivity contribution >= 4 is 20.5 Å². The number of carbonyl (C=O) groups excluding carboxylic acids is 2. The van der Waals surface area contributed by atoms with Crippen LogP contribution in [0.2, 0.25) is 18.1 Å². The predicted molar refractivity (Wildman–Crippen MR) is 156 cm³/mol. The van der Waals surface area contributed by atoms with Crippen molar-refractivity contribution in [2.24, 2.45) is 5.92 Å². The summed E-state index contributed by atoms with van der Waals surface area (Å²) in [4.78, 5) is 27.2. The standard InChI is InChI=1S/C31H46N2O5Si/c1-30(2,3)38-29(35)33(28(34)36-22-24-15-11-9-12-16-24)32-21-25(23-37-39(7,8)31(4,5)6)19-20-27(32)26-17-13-10-14-18-26/h9-18,25,27H,19-23H2,1-8H3. The van der Waals surface area contributed by atoms with E-state index >= 15 is 0 Å². The van der Waals surface area contributed by atoms with Crippen molar-refractivity contribution in [1.29, 1.82) is 0 Å². The van der Waals surface area contributed by atoms with Crippen molar-refractivity contribution in [3.8, 4) is 0 Å². The number of ether oxygens (including phenoxy) is 2. The molecule has 1 aliphatic rings. The Morgan fingerprint density at radius 1 is 0.897 bits per heavy atom. The summed E-state index contributed by atoms with van der Waals surface area (Å²) in [6.45, 7) is 17.6. The Labute approximate surface area is 235 Å². The zero-order valence-electron chi connectivity index (χ0n) is 24.9. The molecule has 8 heteroatoms. The molecule has 39 heavy (non-hydrogen) atoms. The molecule has 1 saturated heterocycles. The van der Waals surface area contributed by atoms with Crippen LogP contribution >= 0.6 is 0 Å². The van der Waals surface area contributed by atoms with Gasteiger partial charge in [-0.2, -0.15) is 5.01 Å². The van der Waals surface area contributed by atoms with Crippen molar-refractivity contribution < 1.29 is 23.5 Å². The molecule has 7 nitrogen and oxygen atoms in total. The van der Waals surface area contributed by atoms with Crippen molar-refractivity contribution in [3.63, 3.8) is 0 Å². The van der Waals surface area contributed by atoms with Crippen LogP contribution in [0.5, 0.6) is 0 Å². The fourth-order valence-electron chi connectivity index (χ4n) is 4.31. The lowest BCUT2D eigenvalue weighted by atomic mass is 9.90. The quantitative estimate of drug-likeness (QED) is 0.324. The smallest absolute Gasteiger partial charge is 0.435 e. The number of rotatable bonds is 7. The summed E-state index contributed by atoms with van der Waals surface area (Å²) >= 11 is 0. The second-order valence-corrected chi connectivity index (χ2v) is 17.7. The maximum Gasteiger partial charge on any atom is 0.435 e. The molecule has 0 aliphatic carbocycles. The maximum atomic E-state index is 13.6. The minimum atomic E-state index is -1.96. The van der Waals surface area contributed by atoms with E-state index in [2.05, 4.69) is 33.9 Å². The first-order valence-electron chi connectivity index (χ1n) is 13.9. The fourth-order valence-corrected chi connectivity index (χ4v) is 5.39. The number of imide groups is 1. The number of piperidine rings is 1. The number of nitrogens with zero attached hydrogens (tertiary/aromatic N) is 2. The molecule has 0 spiro atoms. The highest BCUT2D eigenvalue weighted by molar-refractivity contribution is 6.74. The first-order valence-corrected chi connectivity index (χ1v) is 16.8. The van der Waals surface area contributed by atoms with Gasteiger partial charge in [-0.3, -0.25) is 0 Å². The molecule has 2 aromatic carbocycles. The molecule has 0 bridgehead atoms. The summed E-state index contributed by atoms with van der Waals surface area (Å²) in [6.07, 6.45) is 0.194. The van der Waals surface area contributed by atoms with E-state index in [9.17, 15) is 9.59 Å². The fraction of sp³-hybridized carbons (Fsp3) is 0.548. The highest BCUT2D eigenvalue weighted by atomic mass is 28.4. The number of amides is 2. The lowest BCUT2D eigenvalue weighted by Crippen LogP contribution is -2.56. The first-order chi connectivity index (χ1) is 18.2. The zero-order valence-corrected chi connectivity index (χ0v) is 25.9. The molecule has 214 valence electrons. The molecular formula is C31H46N2O5Si. The van der Waals surface area contributed by atoms with Crippen LogP contribution in [0.1, 0.15) is 71.6 Å². The Bertz CT molecular complexity index is 1080. The third-order valence-corrected chi connectivity index (χ3v) is 12.0. The van der Waals surface area contributed by atoms with Crippen LogP contribution in [0.25, 0.3) is 0 Å². The van der Waals surface area contributed by atoms with E-state index in [-0.39, 0.29) is 23.6 Å². The lowest BCUT2D eigenvalue weighted by molar-refractivity contribution is -0.0902. The summed E-state index contributed by atoms with van der Waals surface area (Å²) in [5, 5.41) is 3.00. The Kier molecular flexibility index (Phi) is 10.0. The lowest BCUT2D eigenvalue weighted by Gasteiger charge is -2.45. The Morgan fingerprint density at radius 3 is 2.05 bits per heavy atom. The van der Waals surface area contributed by atoms with Crippen LogP contribution in [-0.4, -0.2) is 49.3 Å². The molecular weight excluding hydrogens is 508 g/mol. The van der Waals surface area contributed by atoms with Crippen LogP contribution in [0.4, 0.5) is 9.59 Å². The second kappa shape index (κ2) is 12.7. The van der Waals surface area contributed by atoms with Crippen LogP contribution < -0.4 is 0 Å². The van der Waals surface area contributed by atoms with Gasteiger partial charge in [-0.05, 0) is 68.8 Å². The summed E-state index contributed by atoms with van der Waals surface area (Å²) in [7, 11) is -1.96. The monoisotopic (exact) mass is 554 g/mol. The second-order valence-electron chi connectivity index (χ2n) is 12.9. The van der Waals surface area contributed by atoms with E-state index in [1.165, 1.54) is 0 Å². The van der Waals surface area contributed by atoms with Gasteiger partial charge in [0.1, 0.15) is 12.2 Å². The van der Waals surface area contributed by atoms with E-state index in [0.29, 0.717) is 13.2 Å². The van der Waals surface area contributed by atoms with E-state index in [4.69, 9.17) is 13.9 Å². The maximum absolute atomic E-state index is 13.6. The number of hydrogen-bond donors (Lipinski definition) is 0. The largest absolute Gasteiger partial charge is 0.443 e. The van der Waals surface area contributed by atoms with Crippen LogP contribution in [0.15, 0.2) is 60.7 Å². The molecule has 2 unspecified atom stereocenters. The molecule has 0 radical (unpaired) electrons. The summed E-state index contributed by atoms with van der Waals surface area (Å²) < 4.78 is 18.0. The topological polar surface area (TPSA) is 68.3 Å². The summed E-state index contributed by atoms with van der Waals surface area (Å²) in [6, 6.07) is 19.2. The van der Waals surface area contributed by atoms with Gasteiger partial charge in [0, 0.05) is 13.2 Å². The molecule has 2 aromatic rings. The van der Waals surface area contributed by atoms with E-state index in [1.54, 1.807) is 20.8 Å². The molecule has 0 saturated carbocycles. The molecule has 2 amide bonds. The normalized spacial score (nSPS) is 18.9. The van der Waals surface area contributed by atoms with Crippen molar-refractivity contribution in [1.82, 2.24) is 10.0 Å². The highest BCUT2D eigenvalue weighted by Gasteiger charge is 2.43. The summed E-state index contributed by atoms with van der Waals surface area (Å²) in [5.74, 6) is 0.144. The predicted octanol–water partition coefficient (Wildman–Crippen LogP) is 7.95. The minimum absolute atomic E-state index is 0.0563. The van der Waals surface area contributed by atoms with Gasteiger partial charge in [-0.1, -0.05) is 81.4 Å². The van der Waals surface area contributed by atoms with Gasteiger partial charge in [0.2, 0.25) is 0 Å². The van der Waals surface area contributed by atoms with Crippen LogP contribution in [0.3, 0.4) is 0 Å². The molecule has 1 fully saturated rings. The average Bonchev–Trinajstić information content (AvgIpc) is 2.86. The zero-order chi connectivity index (χ0) is 28.8. The minimum Gasteiger partial charge on any atom is -0.443 e. The Hall–Kier alpha value is -2.68.